The zero-order valence-corrected chi connectivity index (χ0v) is 13.2. The molecule has 0 aromatic carbocycles. The summed E-state index contributed by atoms with van der Waals surface area (Å²) < 4.78 is 9.92. The van der Waals surface area contributed by atoms with Crippen LogP contribution in [-0.4, -0.2) is 59.9 Å². The van der Waals surface area contributed by atoms with Crippen LogP contribution in [0.1, 0.15) is 30.7 Å². The van der Waals surface area contributed by atoms with Crippen LogP contribution in [0.3, 0.4) is 0 Å². The zero-order valence-electron chi connectivity index (χ0n) is 13.2. The molecule has 8 nitrogen and oxygen atoms in total. The van der Waals surface area contributed by atoms with Gasteiger partial charge in [0.25, 0.3) is 0 Å². The molecule has 0 radical (unpaired) electrons. The Balaban J connectivity index is 2.17. The molecule has 22 heavy (non-hydrogen) atoms. The number of aryl methyl sites for hydroxylation is 1. The number of carbonyl (C=O) groups is 2. The maximum absolute atomic E-state index is 12.7. The summed E-state index contributed by atoms with van der Waals surface area (Å²) in [5.74, 6) is -0.187. The Hall–Kier alpha value is -1.96. The second-order valence-electron chi connectivity index (χ2n) is 5.63. The first kappa shape index (κ1) is 16.4. The lowest BCUT2D eigenvalue weighted by atomic mass is 9.92. The van der Waals surface area contributed by atoms with Crippen molar-refractivity contribution in [1.82, 2.24) is 20.5 Å². The number of carbonyl (C=O) groups excluding carboxylic acids is 2. The average molecular weight is 310 g/mol. The monoisotopic (exact) mass is 310 g/mol. The van der Waals surface area contributed by atoms with E-state index in [1.54, 1.807) is 26.0 Å². The highest BCUT2D eigenvalue weighted by Crippen LogP contribution is 2.33. The lowest BCUT2D eigenvalue weighted by Gasteiger charge is -2.37. The van der Waals surface area contributed by atoms with Gasteiger partial charge < -0.3 is 15.0 Å². The van der Waals surface area contributed by atoms with Gasteiger partial charge in [-0.05, 0) is 19.8 Å². The lowest BCUT2D eigenvalue weighted by molar-refractivity contribution is -0.139. The highest BCUT2D eigenvalue weighted by Gasteiger charge is 2.45. The summed E-state index contributed by atoms with van der Waals surface area (Å²) in [5, 5.41) is 10.1. The molecule has 1 aliphatic rings. The summed E-state index contributed by atoms with van der Waals surface area (Å²) in [6, 6.07) is 0. The van der Waals surface area contributed by atoms with Crippen LogP contribution in [0.5, 0.6) is 0 Å². The number of methoxy groups -OCH3 is 1. The molecule has 8 heteroatoms. The van der Waals surface area contributed by atoms with Gasteiger partial charge in [-0.2, -0.15) is 0 Å². The number of hydrogen-bond donors (Lipinski definition) is 1. The Morgan fingerprint density at radius 2 is 2.23 bits per heavy atom. The fraction of sp³-hybridized carbons (Fsp3) is 0.714. The molecule has 2 amide bonds. The van der Waals surface area contributed by atoms with Crippen LogP contribution in [0.2, 0.25) is 0 Å². The van der Waals surface area contributed by atoms with Crippen LogP contribution >= 0.6 is 0 Å². The molecule has 1 aromatic rings. The average Bonchev–Trinajstić information content (AvgIpc) is 3.06. The van der Waals surface area contributed by atoms with E-state index in [0.717, 1.165) is 12.8 Å². The molecule has 1 unspecified atom stereocenters. The quantitative estimate of drug-likeness (QED) is 0.798. The number of likely N-dealkylation sites (tertiary alicyclic amines) is 1. The molecule has 1 aromatic heterocycles. The van der Waals surface area contributed by atoms with Crippen molar-refractivity contribution in [3.05, 3.63) is 11.4 Å². The highest BCUT2D eigenvalue weighted by molar-refractivity contribution is 5.82. The van der Waals surface area contributed by atoms with Crippen molar-refractivity contribution in [1.29, 1.82) is 0 Å². The van der Waals surface area contributed by atoms with E-state index in [9.17, 15) is 9.59 Å². The molecule has 1 atom stereocenters. The maximum Gasteiger partial charge on any atom is 0.229 e. The SMILES string of the molecule is CNC(=O)CC1(COC)CCCN1C(=O)Cc1nonc1C. The number of aromatic nitrogens is 2. The molecule has 0 aliphatic carbocycles. The van der Waals surface area contributed by atoms with Gasteiger partial charge in [0, 0.05) is 20.7 Å². The fourth-order valence-corrected chi connectivity index (χ4v) is 3.02. The van der Waals surface area contributed by atoms with Gasteiger partial charge in [-0.1, -0.05) is 10.3 Å². The van der Waals surface area contributed by atoms with Gasteiger partial charge >= 0.3 is 0 Å². The van der Waals surface area contributed by atoms with Crippen LogP contribution in [0.15, 0.2) is 4.63 Å². The van der Waals surface area contributed by atoms with Crippen LogP contribution in [0.25, 0.3) is 0 Å². The van der Waals surface area contributed by atoms with E-state index in [1.165, 1.54) is 0 Å². The van der Waals surface area contributed by atoms with Crippen molar-refractivity contribution in [3.63, 3.8) is 0 Å². The third-order valence-corrected chi connectivity index (χ3v) is 4.14. The number of ether oxygens (including phenoxy) is 1. The molecular formula is C14H22N4O4. The molecule has 0 spiro atoms. The lowest BCUT2D eigenvalue weighted by Crippen LogP contribution is -2.53. The first-order valence-electron chi connectivity index (χ1n) is 7.30. The van der Waals surface area contributed by atoms with Crippen LogP contribution < -0.4 is 5.32 Å². The van der Waals surface area contributed by atoms with Crippen molar-refractivity contribution in [2.75, 3.05) is 27.3 Å². The summed E-state index contributed by atoms with van der Waals surface area (Å²) in [5.41, 5.74) is 0.552. The topological polar surface area (TPSA) is 97.6 Å². The number of nitrogens with zero attached hydrogens (tertiary/aromatic N) is 3. The predicted octanol–water partition coefficient (Wildman–Crippen LogP) is 0.0642. The summed E-state index contributed by atoms with van der Waals surface area (Å²) >= 11 is 0. The van der Waals surface area contributed by atoms with Crippen LogP contribution in [0, 0.1) is 6.92 Å². The number of rotatable bonds is 6. The molecule has 1 N–H and O–H groups in total. The minimum Gasteiger partial charge on any atom is -0.382 e. The second-order valence-corrected chi connectivity index (χ2v) is 5.63. The number of amides is 2. The summed E-state index contributed by atoms with van der Waals surface area (Å²) in [6.45, 7) is 2.70. The fourth-order valence-electron chi connectivity index (χ4n) is 3.02. The van der Waals surface area contributed by atoms with E-state index in [0.29, 0.717) is 24.5 Å². The number of nitrogens with one attached hydrogen (secondary N) is 1. The molecule has 1 saturated heterocycles. The Morgan fingerprint density at radius 3 is 2.82 bits per heavy atom. The molecule has 1 fully saturated rings. The van der Waals surface area contributed by atoms with E-state index in [4.69, 9.17) is 4.74 Å². The zero-order chi connectivity index (χ0) is 16.2. The largest absolute Gasteiger partial charge is 0.382 e. The van der Waals surface area contributed by atoms with Crippen molar-refractivity contribution in [3.8, 4) is 0 Å². The summed E-state index contributed by atoms with van der Waals surface area (Å²) in [7, 11) is 3.17. The van der Waals surface area contributed by atoms with E-state index in [-0.39, 0.29) is 24.7 Å². The first-order chi connectivity index (χ1) is 10.5. The normalized spacial score (nSPS) is 21.1. The summed E-state index contributed by atoms with van der Waals surface area (Å²) in [4.78, 5) is 26.2. The van der Waals surface area contributed by atoms with Gasteiger partial charge in [0.15, 0.2) is 0 Å². The van der Waals surface area contributed by atoms with E-state index >= 15 is 0 Å². The number of hydrogen-bond acceptors (Lipinski definition) is 6. The minimum absolute atomic E-state index is 0.0859. The van der Waals surface area contributed by atoms with Crippen molar-refractivity contribution < 1.29 is 19.0 Å². The van der Waals surface area contributed by atoms with Crippen molar-refractivity contribution in [2.45, 2.75) is 38.1 Å². The van der Waals surface area contributed by atoms with Crippen molar-refractivity contribution in [2.24, 2.45) is 0 Å². The van der Waals surface area contributed by atoms with Gasteiger partial charge in [0.2, 0.25) is 11.8 Å². The third-order valence-electron chi connectivity index (χ3n) is 4.14. The molecule has 1 aliphatic heterocycles. The molecule has 2 heterocycles. The van der Waals surface area contributed by atoms with Gasteiger partial charge in [-0.15, -0.1) is 0 Å². The van der Waals surface area contributed by atoms with Gasteiger partial charge in [-0.3, -0.25) is 9.59 Å². The summed E-state index contributed by atoms with van der Waals surface area (Å²) in [6.07, 6.45) is 1.95. The van der Waals surface area contributed by atoms with E-state index in [2.05, 4.69) is 20.3 Å². The molecular weight excluding hydrogens is 288 g/mol. The van der Waals surface area contributed by atoms with E-state index in [1.807, 2.05) is 0 Å². The van der Waals surface area contributed by atoms with Crippen LogP contribution in [-0.2, 0) is 20.7 Å². The molecule has 0 saturated carbocycles. The predicted molar refractivity (Wildman–Crippen MR) is 77.0 cm³/mol. The van der Waals surface area contributed by atoms with Crippen LogP contribution in [0.4, 0.5) is 0 Å². The van der Waals surface area contributed by atoms with E-state index < -0.39 is 5.54 Å². The smallest absolute Gasteiger partial charge is 0.229 e. The molecule has 0 bridgehead atoms. The highest BCUT2D eigenvalue weighted by atomic mass is 16.6. The minimum atomic E-state index is -0.586. The standard InChI is InChI=1S/C14H22N4O4/c1-10-11(17-22-16-10)7-13(20)18-6-4-5-14(18,9-21-3)8-12(19)15-2/h4-9H2,1-3H3,(H,15,19). The Bertz CT molecular complexity index is 545. The molecule has 122 valence electrons. The van der Waals surface area contributed by atoms with Gasteiger partial charge in [-0.25, -0.2) is 4.63 Å². The molecule has 2 rings (SSSR count). The maximum atomic E-state index is 12.7. The third kappa shape index (κ3) is 3.27. The second kappa shape index (κ2) is 6.87. The van der Waals surface area contributed by atoms with Gasteiger partial charge in [0.05, 0.1) is 25.0 Å². The van der Waals surface area contributed by atoms with Crippen molar-refractivity contribution >= 4 is 11.8 Å². The Labute approximate surface area is 129 Å². The van der Waals surface area contributed by atoms with Gasteiger partial charge in [0.1, 0.15) is 11.4 Å². The Morgan fingerprint density at radius 1 is 1.45 bits per heavy atom. The Kier molecular flexibility index (Phi) is 5.12. The first-order valence-corrected chi connectivity index (χ1v) is 7.30.